The molecule has 0 unspecified atom stereocenters. The molecule has 0 bridgehead atoms. The Kier molecular flexibility index (Phi) is 14.2. The standard InChI is InChI=1S/C39H57N3O5/c1-8-9-10-11-12-17-24-41-26-31-29-19-14-13-18-27(29)25-28-21-22-30(34(33(28)31)36(44)46-38(2,3)4)35(43)32(20-15-16-23-40)42-37(45)47-39(5,6)7/h13-14,18-19,21-22,25,32,41H,8-12,15-17,20,23-24,26,40H2,1-7H3,(H,42,45)/t32-/m0/s1. The highest BCUT2D eigenvalue weighted by Gasteiger charge is 2.32. The summed E-state index contributed by atoms with van der Waals surface area (Å²) in [6.45, 7) is 14.8. The van der Waals surface area contributed by atoms with Crippen LogP contribution in [0.1, 0.15) is 133 Å². The number of fused-ring (bicyclic) bond motifs is 2. The van der Waals surface area contributed by atoms with E-state index < -0.39 is 29.3 Å². The van der Waals surface area contributed by atoms with Crippen molar-refractivity contribution in [2.75, 3.05) is 13.1 Å². The first kappa shape index (κ1) is 38.0. The van der Waals surface area contributed by atoms with Crippen LogP contribution in [0.2, 0.25) is 0 Å². The zero-order valence-corrected chi connectivity index (χ0v) is 29.7. The van der Waals surface area contributed by atoms with Crippen LogP contribution in [0.25, 0.3) is 21.5 Å². The van der Waals surface area contributed by atoms with Gasteiger partial charge in [0.1, 0.15) is 11.2 Å². The summed E-state index contributed by atoms with van der Waals surface area (Å²) in [5.74, 6) is -0.938. The molecule has 1 atom stereocenters. The maximum absolute atomic E-state index is 14.4. The molecule has 0 aliphatic carbocycles. The minimum Gasteiger partial charge on any atom is -0.456 e. The molecule has 0 aliphatic rings. The van der Waals surface area contributed by atoms with Crippen LogP contribution in [0.5, 0.6) is 0 Å². The van der Waals surface area contributed by atoms with E-state index in [1.807, 2.05) is 39.0 Å². The smallest absolute Gasteiger partial charge is 0.408 e. The van der Waals surface area contributed by atoms with Crippen LogP contribution < -0.4 is 16.4 Å². The predicted octanol–water partition coefficient (Wildman–Crippen LogP) is 8.60. The van der Waals surface area contributed by atoms with Crippen molar-refractivity contribution in [3.05, 3.63) is 59.2 Å². The van der Waals surface area contributed by atoms with Crippen molar-refractivity contribution in [2.45, 2.75) is 130 Å². The van der Waals surface area contributed by atoms with E-state index in [1.165, 1.54) is 32.1 Å². The number of amides is 1. The van der Waals surface area contributed by atoms with Crippen molar-refractivity contribution in [2.24, 2.45) is 5.73 Å². The van der Waals surface area contributed by atoms with Gasteiger partial charge in [0.25, 0.3) is 0 Å². The Bertz CT molecular complexity index is 1500. The van der Waals surface area contributed by atoms with E-state index in [1.54, 1.807) is 26.8 Å². The molecule has 0 heterocycles. The Hall–Kier alpha value is -3.49. The van der Waals surface area contributed by atoms with E-state index in [2.05, 4.69) is 35.8 Å². The lowest BCUT2D eigenvalue weighted by atomic mass is 9.87. The van der Waals surface area contributed by atoms with Crippen LogP contribution in [-0.4, -0.2) is 48.2 Å². The van der Waals surface area contributed by atoms with Gasteiger partial charge in [0.15, 0.2) is 5.78 Å². The fourth-order valence-corrected chi connectivity index (χ4v) is 5.84. The van der Waals surface area contributed by atoms with Gasteiger partial charge in [-0.3, -0.25) is 4.79 Å². The van der Waals surface area contributed by atoms with Gasteiger partial charge in [0.05, 0.1) is 11.6 Å². The number of alkyl carbamates (subject to hydrolysis) is 1. The second-order valence-electron chi connectivity index (χ2n) is 14.5. The average molecular weight is 648 g/mol. The maximum atomic E-state index is 14.4. The van der Waals surface area contributed by atoms with Crippen LogP contribution in [0.4, 0.5) is 4.79 Å². The van der Waals surface area contributed by atoms with Gasteiger partial charge in [-0.25, -0.2) is 9.59 Å². The molecule has 1 amide bonds. The normalized spacial score (nSPS) is 12.7. The monoisotopic (exact) mass is 647 g/mol. The summed E-state index contributed by atoms with van der Waals surface area (Å²) < 4.78 is 11.5. The lowest BCUT2D eigenvalue weighted by Gasteiger charge is -2.25. The summed E-state index contributed by atoms with van der Waals surface area (Å²) in [7, 11) is 0. The quantitative estimate of drug-likeness (QED) is 0.0581. The molecule has 0 aromatic heterocycles. The molecular formula is C39H57N3O5. The molecule has 8 heteroatoms. The highest BCUT2D eigenvalue weighted by Crippen LogP contribution is 2.35. The molecular weight excluding hydrogens is 590 g/mol. The first-order valence-electron chi connectivity index (χ1n) is 17.4. The molecule has 0 saturated heterocycles. The number of carbonyl (C=O) groups is 3. The first-order chi connectivity index (χ1) is 22.3. The van der Waals surface area contributed by atoms with Gasteiger partial charge in [-0.2, -0.15) is 0 Å². The minimum atomic E-state index is -0.912. The second kappa shape index (κ2) is 17.6. The Morgan fingerprint density at radius 3 is 2.17 bits per heavy atom. The lowest BCUT2D eigenvalue weighted by Crippen LogP contribution is -2.44. The van der Waals surface area contributed by atoms with Crippen molar-refractivity contribution in [3.63, 3.8) is 0 Å². The number of nitrogens with two attached hydrogens (primary N) is 1. The first-order valence-corrected chi connectivity index (χ1v) is 17.4. The van der Waals surface area contributed by atoms with Crippen molar-refractivity contribution in [1.29, 1.82) is 0 Å². The number of unbranched alkanes of at least 4 members (excludes halogenated alkanes) is 6. The van der Waals surface area contributed by atoms with Gasteiger partial charge in [-0.15, -0.1) is 0 Å². The summed E-state index contributed by atoms with van der Waals surface area (Å²) >= 11 is 0. The highest BCUT2D eigenvalue weighted by atomic mass is 16.6. The molecule has 0 fully saturated rings. The molecule has 4 N–H and O–H groups in total. The van der Waals surface area contributed by atoms with Crippen molar-refractivity contribution < 1.29 is 23.9 Å². The van der Waals surface area contributed by atoms with Crippen molar-refractivity contribution in [1.82, 2.24) is 10.6 Å². The molecule has 0 spiro atoms. The fourth-order valence-electron chi connectivity index (χ4n) is 5.84. The average Bonchev–Trinajstić information content (AvgIpc) is 2.98. The summed E-state index contributed by atoms with van der Waals surface area (Å²) in [6, 6.07) is 12.9. The SMILES string of the molecule is CCCCCCCCNCc1c2ccccc2cc2ccc(C(=O)[C@H](CCCCN)NC(=O)OC(C)(C)C)c(C(=O)OC(C)(C)C)c12. The number of rotatable bonds is 17. The maximum Gasteiger partial charge on any atom is 0.408 e. The topological polar surface area (TPSA) is 120 Å². The summed E-state index contributed by atoms with van der Waals surface area (Å²) in [5.41, 5.74) is 5.61. The zero-order chi connectivity index (χ0) is 34.6. The molecule has 3 aromatic rings. The van der Waals surface area contributed by atoms with Gasteiger partial charge >= 0.3 is 12.1 Å². The third kappa shape index (κ3) is 11.6. The van der Waals surface area contributed by atoms with Gasteiger partial charge in [-0.05, 0) is 114 Å². The molecule has 8 nitrogen and oxygen atoms in total. The lowest BCUT2D eigenvalue weighted by molar-refractivity contribution is 0.00698. The number of hydrogen-bond acceptors (Lipinski definition) is 7. The highest BCUT2D eigenvalue weighted by molar-refractivity contribution is 6.19. The van der Waals surface area contributed by atoms with Crippen LogP contribution in [0.15, 0.2) is 42.5 Å². The van der Waals surface area contributed by atoms with Gasteiger partial charge < -0.3 is 25.8 Å². The number of benzene rings is 3. The largest absolute Gasteiger partial charge is 0.456 e. The Labute approximate surface area is 281 Å². The third-order valence-corrected chi connectivity index (χ3v) is 7.97. The van der Waals surface area contributed by atoms with E-state index in [0.29, 0.717) is 37.7 Å². The van der Waals surface area contributed by atoms with E-state index in [9.17, 15) is 14.4 Å². The molecule has 0 radical (unpaired) electrons. The summed E-state index contributed by atoms with van der Waals surface area (Å²) in [6.07, 6.45) is 8.19. The molecule has 0 saturated carbocycles. The van der Waals surface area contributed by atoms with Gasteiger partial charge in [0, 0.05) is 17.5 Å². The van der Waals surface area contributed by atoms with E-state index in [4.69, 9.17) is 15.2 Å². The Morgan fingerprint density at radius 1 is 0.809 bits per heavy atom. The zero-order valence-electron chi connectivity index (χ0n) is 29.7. The second-order valence-corrected chi connectivity index (χ2v) is 14.5. The number of hydrogen-bond donors (Lipinski definition) is 3. The predicted molar refractivity (Wildman–Crippen MR) is 192 cm³/mol. The minimum absolute atomic E-state index is 0.216. The molecule has 3 aromatic carbocycles. The number of esters is 1. The van der Waals surface area contributed by atoms with Gasteiger partial charge in [0.2, 0.25) is 0 Å². The van der Waals surface area contributed by atoms with Crippen LogP contribution in [0, 0.1) is 0 Å². The summed E-state index contributed by atoms with van der Waals surface area (Å²) in [4.78, 5) is 41.5. The number of nitrogens with one attached hydrogen (secondary N) is 2. The van der Waals surface area contributed by atoms with Gasteiger partial charge in [-0.1, -0.05) is 69.4 Å². The molecule has 47 heavy (non-hydrogen) atoms. The number of Topliss-reactive ketones (excluding diaryl/α,β-unsaturated/α-hetero) is 1. The fraction of sp³-hybridized carbons (Fsp3) is 0.564. The van der Waals surface area contributed by atoms with Crippen LogP contribution in [-0.2, 0) is 16.0 Å². The van der Waals surface area contributed by atoms with Crippen LogP contribution in [0.3, 0.4) is 0 Å². The molecule has 3 rings (SSSR count). The Morgan fingerprint density at radius 2 is 1.49 bits per heavy atom. The number of ether oxygens (including phenoxy) is 2. The van der Waals surface area contributed by atoms with E-state index >= 15 is 0 Å². The van der Waals surface area contributed by atoms with Crippen molar-refractivity contribution >= 4 is 39.4 Å². The number of ketones is 1. The summed E-state index contributed by atoms with van der Waals surface area (Å²) in [5, 5.41) is 10.0. The van der Waals surface area contributed by atoms with E-state index in [0.717, 1.165) is 34.7 Å². The Balaban J connectivity index is 2.14. The van der Waals surface area contributed by atoms with E-state index in [-0.39, 0.29) is 16.9 Å². The molecule has 0 aliphatic heterocycles. The number of carbonyl (C=O) groups excluding carboxylic acids is 3. The van der Waals surface area contributed by atoms with Crippen LogP contribution >= 0.6 is 0 Å². The third-order valence-electron chi connectivity index (χ3n) is 7.97. The van der Waals surface area contributed by atoms with Crippen molar-refractivity contribution in [3.8, 4) is 0 Å². The molecule has 258 valence electrons.